The highest BCUT2D eigenvalue weighted by atomic mass is 19.4. The number of amides is 2. The highest BCUT2D eigenvalue weighted by molar-refractivity contribution is 6.04. The number of hydrogen-bond donors (Lipinski definition) is 2. The number of hydrogen-bond acceptors (Lipinski definition) is 8. The lowest BCUT2D eigenvalue weighted by Gasteiger charge is -2.33. The van der Waals surface area contributed by atoms with Crippen LogP contribution < -0.4 is 11.1 Å². The summed E-state index contributed by atoms with van der Waals surface area (Å²) in [5, 5.41) is 6.96. The number of alkyl halides is 3. The van der Waals surface area contributed by atoms with E-state index in [4.69, 9.17) is 15.2 Å². The van der Waals surface area contributed by atoms with Crippen molar-refractivity contribution >= 4 is 29.5 Å². The molecule has 11 nitrogen and oxygen atoms in total. The summed E-state index contributed by atoms with van der Waals surface area (Å²) in [5.74, 6) is -1.79. The molecule has 3 heterocycles. The van der Waals surface area contributed by atoms with Crippen molar-refractivity contribution in [1.82, 2.24) is 19.7 Å². The van der Waals surface area contributed by atoms with Crippen LogP contribution >= 0.6 is 0 Å². The zero-order valence-corrected chi connectivity index (χ0v) is 23.5. The molecule has 1 aliphatic heterocycles. The quantitative estimate of drug-likeness (QED) is 0.396. The lowest BCUT2D eigenvalue weighted by atomic mass is 9.92. The molecule has 0 atom stereocenters. The number of ether oxygens (including phenoxy) is 2. The fourth-order valence-electron chi connectivity index (χ4n) is 4.51. The monoisotopic (exact) mass is 588 g/mol. The van der Waals surface area contributed by atoms with Crippen LogP contribution in [0, 0.1) is 0 Å². The van der Waals surface area contributed by atoms with E-state index in [1.165, 1.54) is 36.1 Å². The van der Waals surface area contributed by atoms with Gasteiger partial charge in [0.1, 0.15) is 11.4 Å². The largest absolute Gasteiger partial charge is 0.464 e. The highest BCUT2D eigenvalue weighted by Crippen LogP contribution is 2.35. The molecule has 0 unspecified atom stereocenters. The Morgan fingerprint density at radius 2 is 1.69 bits per heavy atom. The van der Waals surface area contributed by atoms with Crippen molar-refractivity contribution in [3.63, 3.8) is 0 Å². The highest BCUT2D eigenvalue weighted by Gasteiger charge is 2.33. The molecule has 0 saturated carbocycles. The summed E-state index contributed by atoms with van der Waals surface area (Å²) in [6, 6.07) is 7.43. The fourth-order valence-corrected chi connectivity index (χ4v) is 4.51. The number of likely N-dealkylation sites (tertiary alicyclic amines) is 1. The Balaban J connectivity index is 1.53. The molecule has 0 spiro atoms. The minimum atomic E-state index is -4.58. The number of carbonyl (C=O) groups excluding carboxylic acids is 3. The van der Waals surface area contributed by atoms with Crippen molar-refractivity contribution in [2.75, 3.05) is 31.2 Å². The van der Waals surface area contributed by atoms with Crippen LogP contribution in [0.3, 0.4) is 0 Å². The Hall–Kier alpha value is -4.62. The van der Waals surface area contributed by atoms with Crippen molar-refractivity contribution in [2.24, 2.45) is 0 Å². The number of rotatable bonds is 5. The van der Waals surface area contributed by atoms with Gasteiger partial charge < -0.3 is 25.4 Å². The molecule has 2 amide bonds. The minimum Gasteiger partial charge on any atom is -0.464 e. The molecule has 42 heavy (non-hydrogen) atoms. The van der Waals surface area contributed by atoms with E-state index < -0.39 is 35.3 Å². The zero-order chi connectivity index (χ0) is 30.8. The Labute approximate surface area is 239 Å². The van der Waals surface area contributed by atoms with Gasteiger partial charge in [-0.3, -0.25) is 4.79 Å². The van der Waals surface area contributed by atoms with Crippen LogP contribution in [0.15, 0.2) is 42.6 Å². The number of aromatic nitrogens is 3. The number of nitrogens with two attached hydrogens (primary N) is 1. The summed E-state index contributed by atoms with van der Waals surface area (Å²) in [6.07, 6.45) is -2.94. The predicted molar refractivity (Wildman–Crippen MR) is 146 cm³/mol. The van der Waals surface area contributed by atoms with Crippen LogP contribution in [0.25, 0.3) is 5.69 Å². The molecule has 4 rings (SSSR count). The Morgan fingerprint density at radius 3 is 2.26 bits per heavy atom. The third-order valence-electron chi connectivity index (χ3n) is 6.57. The standard InChI is InChI=1S/C28H31F3N6O5/c1-27(2,3)42-26(40)36-13-10-16(11-14-36)22-21(32)23(25(39)41-4)37(35-22)19-7-5-17(6-8-19)24(38)34-20-15-18(9-12-33-20)28(29,30)31/h5-9,12,15-16H,10-11,13-14,32H2,1-4H3,(H,33,34,38). The van der Waals surface area contributed by atoms with Gasteiger partial charge >= 0.3 is 18.2 Å². The molecular formula is C28H31F3N6O5. The number of anilines is 2. The van der Waals surface area contributed by atoms with Gasteiger partial charge in [-0.2, -0.15) is 18.3 Å². The number of nitrogen functional groups attached to an aromatic ring is 1. The van der Waals surface area contributed by atoms with Crippen molar-refractivity contribution in [3.05, 3.63) is 65.1 Å². The molecule has 2 aromatic heterocycles. The average molecular weight is 589 g/mol. The second-order valence-corrected chi connectivity index (χ2v) is 10.7. The van der Waals surface area contributed by atoms with Gasteiger partial charge in [-0.25, -0.2) is 19.3 Å². The van der Waals surface area contributed by atoms with E-state index >= 15 is 0 Å². The SMILES string of the molecule is COC(=O)c1c(N)c(C2CCN(C(=O)OC(C)(C)C)CC2)nn1-c1ccc(C(=O)Nc2cc(C(F)(F)F)ccn2)cc1. The first kappa shape index (κ1) is 30.3. The van der Waals surface area contributed by atoms with Crippen LogP contribution in [0.5, 0.6) is 0 Å². The number of pyridine rings is 1. The van der Waals surface area contributed by atoms with Crippen LogP contribution in [-0.2, 0) is 15.7 Å². The van der Waals surface area contributed by atoms with Gasteiger partial charge in [0.05, 0.1) is 29.7 Å². The summed E-state index contributed by atoms with van der Waals surface area (Å²) in [5.41, 5.74) is 6.00. The maximum absolute atomic E-state index is 13.0. The number of esters is 1. The predicted octanol–water partition coefficient (Wildman–Crippen LogP) is 5.02. The maximum atomic E-state index is 13.0. The van der Waals surface area contributed by atoms with Crippen molar-refractivity contribution in [1.29, 1.82) is 0 Å². The lowest BCUT2D eigenvalue weighted by Crippen LogP contribution is -2.41. The fraction of sp³-hybridized carbons (Fsp3) is 0.393. The van der Waals surface area contributed by atoms with Gasteiger partial charge in [-0.15, -0.1) is 0 Å². The maximum Gasteiger partial charge on any atom is 0.416 e. The Bertz CT molecular complexity index is 1470. The second kappa shape index (κ2) is 11.7. The number of benzene rings is 1. The number of halogens is 3. The summed E-state index contributed by atoms with van der Waals surface area (Å²) in [6.45, 7) is 6.23. The van der Waals surface area contributed by atoms with Crippen molar-refractivity contribution < 1.29 is 37.0 Å². The van der Waals surface area contributed by atoms with Gasteiger partial charge in [0.2, 0.25) is 0 Å². The van der Waals surface area contributed by atoms with E-state index in [0.29, 0.717) is 37.3 Å². The number of nitrogens with zero attached hydrogens (tertiary/aromatic N) is 4. The second-order valence-electron chi connectivity index (χ2n) is 10.7. The Morgan fingerprint density at radius 1 is 1.05 bits per heavy atom. The van der Waals surface area contributed by atoms with Crippen LogP contribution in [0.2, 0.25) is 0 Å². The van der Waals surface area contributed by atoms with Crippen LogP contribution in [0.4, 0.5) is 29.5 Å². The van der Waals surface area contributed by atoms with Crippen molar-refractivity contribution in [3.8, 4) is 5.69 Å². The molecule has 1 saturated heterocycles. The molecule has 3 N–H and O–H groups in total. The molecule has 3 aromatic rings. The molecule has 0 radical (unpaired) electrons. The lowest BCUT2D eigenvalue weighted by molar-refractivity contribution is -0.137. The minimum absolute atomic E-state index is 0.00689. The number of nitrogens with one attached hydrogen (secondary N) is 1. The van der Waals surface area contributed by atoms with E-state index in [9.17, 15) is 27.6 Å². The van der Waals surface area contributed by atoms with Crippen LogP contribution in [-0.4, -0.2) is 63.4 Å². The third kappa shape index (κ3) is 6.81. The normalized spacial score (nSPS) is 14.4. The smallest absolute Gasteiger partial charge is 0.416 e. The van der Waals surface area contributed by atoms with E-state index in [0.717, 1.165) is 18.3 Å². The first-order valence-corrected chi connectivity index (χ1v) is 13.1. The first-order valence-electron chi connectivity index (χ1n) is 13.1. The van der Waals surface area contributed by atoms with Crippen molar-refractivity contribution in [2.45, 2.75) is 51.3 Å². The summed E-state index contributed by atoms with van der Waals surface area (Å²) in [4.78, 5) is 43.2. The third-order valence-corrected chi connectivity index (χ3v) is 6.57. The first-order chi connectivity index (χ1) is 19.7. The summed E-state index contributed by atoms with van der Waals surface area (Å²) >= 11 is 0. The molecule has 14 heteroatoms. The average Bonchev–Trinajstić information content (AvgIpc) is 3.28. The molecule has 0 bridgehead atoms. The molecular weight excluding hydrogens is 557 g/mol. The van der Waals surface area contributed by atoms with E-state index in [1.807, 2.05) is 0 Å². The number of carbonyl (C=O) groups is 3. The van der Waals surface area contributed by atoms with E-state index in [-0.39, 0.29) is 28.7 Å². The molecule has 1 fully saturated rings. The van der Waals surface area contributed by atoms with Crippen LogP contribution in [0.1, 0.15) is 71.6 Å². The Kier molecular flexibility index (Phi) is 8.45. The molecule has 224 valence electrons. The molecule has 1 aliphatic rings. The summed E-state index contributed by atoms with van der Waals surface area (Å²) < 4.78 is 50.7. The van der Waals surface area contributed by atoms with Gasteiger partial charge in [-0.05, 0) is 70.0 Å². The number of methoxy groups -OCH3 is 1. The number of piperidine rings is 1. The van der Waals surface area contributed by atoms with Gasteiger partial charge in [0.25, 0.3) is 5.91 Å². The van der Waals surface area contributed by atoms with E-state index in [1.54, 1.807) is 25.7 Å². The van der Waals surface area contributed by atoms with Gasteiger partial charge in [0, 0.05) is 30.8 Å². The van der Waals surface area contributed by atoms with Gasteiger partial charge in [-0.1, -0.05) is 0 Å². The topological polar surface area (TPSA) is 142 Å². The molecule has 0 aliphatic carbocycles. The van der Waals surface area contributed by atoms with E-state index in [2.05, 4.69) is 15.4 Å². The molecule has 1 aromatic carbocycles. The summed E-state index contributed by atoms with van der Waals surface area (Å²) in [7, 11) is 1.22. The van der Waals surface area contributed by atoms with Gasteiger partial charge in [0.15, 0.2) is 5.69 Å². The zero-order valence-electron chi connectivity index (χ0n) is 23.5.